The lowest BCUT2D eigenvalue weighted by atomic mass is 10.0. The molecule has 9 heteroatoms. The summed E-state index contributed by atoms with van der Waals surface area (Å²) in [6.45, 7) is 1.75. The zero-order chi connectivity index (χ0) is 31.8. The van der Waals surface area contributed by atoms with Crippen molar-refractivity contribution in [2.24, 2.45) is 0 Å². The predicted octanol–water partition coefficient (Wildman–Crippen LogP) is 7.07. The summed E-state index contributed by atoms with van der Waals surface area (Å²) in [4.78, 5) is 51.3. The monoisotopic (exact) mass is 615 g/mol. The van der Waals surface area contributed by atoms with Crippen LogP contribution in [0.25, 0.3) is 16.8 Å². The highest BCUT2D eigenvalue weighted by atomic mass is 32.2. The molecule has 0 aliphatic carbocycles. The van der Waals surface area contributed by atoms with Gasteiger partial charge in [0, 0.05) is 21.8 Å². The van der Waals surface area contributed by atoms with Crippen molar-refractivity contribution in [3.63, 3.8) is 0 Å². The Morgan fingerprint density at radius 3 is 2.13 bits per heavy atom. The molecule has 3 amide bonds. The van der Waals surface area contributed by atoms with Gasteiger partial charge in [-0.2, -0.15) is 0 Å². The van der Waals surface area contributed by atoms with Crippen molar-refractivity contribution >= 4 is 63.7 Å². The highest BCUT2D eigenvalue weighted by Gasteiger charge is 2.18. The van der Waals surface area contributed by atoms with Gasteiger partial charge in [0.1, 0.15) is 5.70 Å². The quantitative estimate of drug-likeness (QED) is 0.0984. The number of rotatable bonds is 10. The molecule has 0 saturated carbocycles. The van der Waals surface area contributed by atoms with Crippen LogP contribution in [0.5, 0.6) is 0 Å². The number of carbonyl (C=O) groups excluding carboxylic acids is 3. The van der Waals surface area contributed by atoms with Crippen LogP contribution in [-0.2, 0) is 9.59 Å². The lowest BCUT2D eigenvalue weighted by Crippen LogP contribution is -2.30. The SMILES string of the molecule is CC(Sc1ccc(NC(=O)/C(=C/c2cccc3ccccc23)NC(=O)c2ccccc2)cc1)C(=O)Nc1cccc(C(=O)O)c1. The molecule has 0 bridgehead atoms. The van der Waals surface area contributed by atoms with Gasteiger partial charge in [-0.15, -0.1) is 11.8 Å². The number of anilines is 2. The Labute approximate surface area is 264 Å². The zero-order valence-corrected chi connectivity index (χ0v) is 25.0. The summed E-state index contributed by atoms with van der Waals surface area (Å²) in [5.74, 6) is -2.26. The molecule has 8 nitrogen and oxygen atoms in total. The Bertz CT molecular complexity index is 1900. The van der Waals surface area contributed by atoms with E-state index in [4.69, 9.17) is 0 Å². The van der Waals surface area contributed by atoms with E-state index in [1.54, 1.807) is 73.7 Å². The Balaban J connectivity index is 1.29. The molecule has 5 aromatic carbocycles. The number of amides is 3. The maximum Gasteiger partial charge on any atom is 0.335 e. The topological polar surface area (TPSA) is 125 Å². The average molecular weight is 616 g/mol. The van der Waals surface area contributed by atoms with Gasteiger partial charge in [-0.25, -0.2) is 4.79 Å². The molecule has 0 radical (unpaired) electrons. The van der Waals surface area contributed by atoms with Crippen LogP contribution >= 0.6 is 11.8 Å². The number of fused-ring (bicyclic) bond motifs is 1. The number of thioether (sulfide) groups is 1. The van der Waals surface area contributed by atoms with E-state index in [9.17, 15) is 24.3 Å². The predicted molar refractivity (Wildman–Crippen MR) is 178 cm³/mol. The Morgan fingerprint density at radius 2 is 1.38 bits per heavy atom. The van der Waals surface area contributed by atoms with Crippen molar-refractivity contribution in [2.75, 3.05) is 10.6 Å². The van der Waals surface area contributed by atoms with Crippen LogP contribution < -0.4 is 16.0 Å². The smallest absolute Gasteiger partial charge is 0.335 e. The molecule has 5 rings (SSSR count). The molecule has 5 aromatic rings. The molecule has 1 unspecified atom stereocenters. The second-order valence-corrected chi connectivity index (χ2v) is 11.5. The van der Waals surface area contributed by atoms with Crippen LogP contribution in [0.15, 0.2) is 132 Å². The van der Waals surface area contributed by atoms with Gasteiger partial charge in [0.15, 0.2) is 0 Å². The molecule has 0 aliphatic heterocycles. The normalized spacial score (nSPS) is 11.8. The van der Waals surface area contributed by atoms with E-state index < -0.39 is 23.0 Å². The first kappa shape index (κ1) is 30.8. The fourth-order valence-corrected chi connectivity index (χ4v) is 5.39. The van der Waals surface area contributed by atoms with Gasteiger partial charge >= 0.3 is 5.97 Å². The van der Waals surface area contributed by atoms with Crippen molar-refractivity contribution in [3.05, 3.63) is 144 Å². The maximum atomic E-state index is 13.5. The van der Waals surface area contributed by atoms with Crippen LogP contribution in [0.1, 0.15) is 33.2 Å². The van der Waals surface area contributed by atoms with Gasteiger partial charge in [-0.1, -0.05) is 66.7 Å². The van der Waals surface area contributed by atoms with Crippen molar-refractivity contribution in [2.45, 2.75) is 17.1 Å². The molecule has 224 valence electrons. The standard InChI is InChI=1S/C36H29N3O5S/c1-23(33(40)38-29-15-8-14-27(21-29)36(43)44)45-30-19-17-28(18-20-30)37-35(42)32(39-34(41)25-10-3-2-4-11-25)22-26-13-7-12-24-9-5-6-16-31(24)26/h2-23H,1H3,(H,37,42)(H,38,40)(H,39,41)(H,43,44)/b32-22-. The number of hydrogen-bond donors (Lipinski definition) is 4. The largest absolute Gasteiger partial charge is 0.478 e. The number of carboxylic acids is 1. The first-order valence-corrected chi connectivity index (χ1v) is 14.9. The van der Waals surface area contributed by atoms with E-state index in [1.165, 1.54) is 23.9 Å². The third kappa shape index (κ3) is 8.04. The van der Waals surface area contributed by atoms with E-state index in [2.05, 4.69) is 16.0 Å². The average Bonchev–Trinajstić information content (AvgIpc) is 3.06. The van der Waals surface area contributed by atoms with Gasteiger partial charge in [0.05, 0.1) is 10.8 Å². The fourth-order valence-electron chi connectivity index (χ4n) is 4.52. The van der Waals surface area contributed by atoms with Crippen LogP contribution in [0, 0.1) is 0 Å². The van der Waals surface area contributed by atoms with Gasteiger partial charge in [0.2, 0.25) is 5.91 Å². The lowest BCUT2D eigenvalue weighted by molar-refractivity contribution is -0.115. The second kappa shape index (κ2) is 14.2. The first-order valence-electron chi connectivity index (χ1n) is 14.0. The molecule has 0 aromatic heterocycles. The minimum atomic E-state index is -1.07. The van der Waals surface area contributed by atoms with Crippen LogP contribution in [0.4, 0.5) is 11.4 Å². The maximum absolute atomic E-state index is 13.5. The molecule has 0 heterocycles. The van der Waals surface area contributed by atoms with Crippen molar-refractivity contribution in [1.29, 1.82) is 0 Å². The van der Waals surface area contributed by atoms with Crippen molar-refractivity contribution in [1.82, 2.24) is 5.32 Å². The minimum absolute atomic E-state index is 0.0796. The Kier molecular flexibility index (Phi) is 9.71. The summed E-state index contributed by atoms with van der Waals surface area (Å²) in [6, 6.07) is 35.3. The molecular formula is C36H29N3O5S. The zero-order valence-electron chi connectivity index (χ0n) is 24.2. The van der Waals surface area contributed by atoms with E-state index in [0.29, 0.717) is 16.9 Å². The number of aromatic carboxylic acids is 1. The molecule has 0 saturated heterocycles. The molecule has 0 aliphatic rings. The molecule has 45 heavy (non-hydrogen) atoms. The Hall–Kier alpha value is -5.67. The summed E-state index contributed by atoms with van der Waals surface area (Å²) >= 11 is 1.31. The van der Waals surface area contributed by atoms with Gasteiger partial charge in [-0.3, -0.25) is 14.4 Å². The highest BCUT2D eigenvalue weighted by molar-refractivity contribution is 8.00. The lowest BCUT2D eigenvalue weighted by Gasteiger charge is -2.14. The summed E-state index contributed by atoms with van der Waals surface area (Å²) < 4.78 is 0. The summed E-state index contributed by atoms with van der Waals surface area (Å²) in [7, 11) is 0. The van der Waals surface area contributed by atoms with Crippen molar-refractivity contribution < 1.29 is 24.3 Å². The third-order valence-electron chi connectivity index (χ3n) is 6.82. The summed E-state index contributed by atoms with van der Waals surface area (Å²) in [6.07, 6.45) is 1.66. The highest BCUT2D eigenvalue weighted by Crippen LogP contribution is 2.26. The number of benzene rings is 5. The first-order chi connectivity index (χ1) is 21.8. The molecule has 4 N–H and O–H groups in total. The summed E-state index contributed by atoms with van der Waals surface area (Å²) in [5, 5.41) is 19.0. The fraction of sp³-hybridized carbons (Fsp3) is 0.0556. The van der Waals surface area contributed by atoms with E-state index in [1.807, 2.05) is 48.5 Å². The second-order valence-electron chi connectivity index (χ2n) is 10.1. The van der Waals surface area contributed by atoms with E-state index >= 15 is 0 Å². The van der Waals surface area contributed by atoms with Crippen molar-refractivity contribution in [3.8, 4) is 0 Å². The van der Waals surface area contributed by atoms with Gasteiger partial charge in [-0.05, 0) is 83.9 Å². The van der Waals surface area contributed by atoms with Gasteiger partial charge < -0.3 is 21.1 Å². The number of carbonyl (C=O) groups is 4. The van der Waals surface area contributed by atoms with Gasteiger partial charge in [0.25, 0.3) is 11.8 Å². The molecule has 0 spiro atoms. The molecule has 0 fully saturated rings. The Morgan fingerprint density at radius 1 is 0.711 bits per heavy atom. The summed E-state index contributed by atoms with van der Waals surface area (Å²) in [5.41, 5.74) is 2.27. The van der Waals surface area contributed by atoms with E-state index in [-0.39, 0.29) is 17.2 Å². The van der Waals surface area contributed by atoms with Crippen LogP contribution in [-0.4, -0.2) is 34.0 Å². The third-order valence-corrected chi connectivity index (χ3v) is 7.94. The van der Waals surface area contributed by atoms with Crippen LogP contribution in [0.2, 0.25) is 0 Å². The number of hydrogen-bond acceptors (Lipinski definition) is 5. The molecular weight excluding hydrogens is 586 g/mol. The molecule has 1 atom stereocenters. The number of nitrogens with one attached hydrogen (secondary N) is 3. The number of carboxylic acid groups (broad SMARTS) is 1. The van der Waals surface area contributed by atoms with E-state index in [0.717, 1.165) is 21.2 Å². The minimum Gasteiger partial charge on any atom is -0.478 e. The van der Waals surface area contributed by atoms with Crippen LogP contribution in [0.3, 0.4) is 0 Å².